The maximum Gasteiger partial charge on any atom is 0.126 e. The second-order valence-corrected chi connectivity index (χ2v) is 16.3. The average Bonchev–Trinajstić information content (AvgIpc) is 4.10. The normalized spacial score (nSPS) is 11.9. The van der Waals surface area contributed by atoms with Crippen molar-refractivity contribution in [1.29, 1.82) is 0 Å². The zero-order valence-electron chi connectivity index (χ0n) is 34.2. The molecule has 0 spiro atoms. The number of fused-ring (bicyclic) bond motifs is 9. The van der Waals surface area contributed by atoms with Crippen molar-refractivity contribution >= 4 is 65.4 Å². The van der Waals surface area contributed by atoms with E-state index in [1.54, 1.807) is 0 Å². The lowest BCUT2D eigenvalue weighted by molar-refractivity contribution is -0.737. The van der Waals surface area contributed by atoms with Crippen LogP contribution >= 0.6 is 0 Å². The molecule has 0 amide bonds. The number of hydrogen-bond donors (Lipinski definition) is 0. The van der Waals surface area contributed by atoms with Gasteiger partial charge in [-0.2, -0.15) is 0 Å². The van der Waals surface area contributed by atoms with Crippen LogP contribution < -0.4 is 9.78 Å². The van der Waals surface area contributed by atoms with E-state index in [9.17, 15) is 0 Å². The van der Waals surface area contributed by atoms with Crippen LogP contribution in [0.5, 0.6) is 0 Å². The number of rotatable bonds is 7. The third kappa shape index (κ3) is 5.58. The maximum atomic E-state index is 5.44. The number of aromatic nitrogens is 6. The highest BCUT2D eigenvalue weighted by molar-refractivity contribution is 6.12. The summed E-state index contributed by atoms with van der Waals surface area (Å²) in [6.07, 6.45) is 0. The second-order valence-electron chi connectivity index (χ2n) is 16.3. The van der Waals surface area contributed by atoms with Crippen molar-refractivity contribution in [3.05, 3.63) is 224 Å². The first-order valence-corrected chi connectivity index (χ1v) is 21.5. The van der Waals surface area contributed by atoms with Crippen LogP contribution in [0.4, 0.5) is 0 Å². The first-order chi connectivity index (χ1) is 31.2. The lowest BCUT2D eigenvalue weighted by atomic mass is 10.1. The number of nitrogens with zero attached hydrogens (tertiary/aromatic N) is 6. The van der Waals surface area contributed by atoms with Crippen molar-refractivity contribution in [1.82, 2.24) is 23.8 Å². The Bertz CT molecular complexity index is 3870. The molecule has 0 bridgehead atoms. The molecule has 0 saturated heterocycles. The fraction of sp³-hybridized carbons (Fsp3) is 0.0175. The molecule has 6 nitrogen and oxygen atoms in total. The summed E-state index contributed by atoms with van der Waals surface area (Å²) in [6, 6.07) is 78.1. The van der Waals surface area contributed by atoms with Gasteiger partial charge in [-0.15, -0.1) is 0 Å². The van der Waals surface area contributed by atoms with E-state index in [1.165, 1.54) is 54.4 Å². The third-order valence-corrected chi connectivity index (χ3v) is 12.6. The summed E-state index contributed by atoms with van der Waals surface area (Å²) in [6.45, 7) is 0.544. The van der Waals surface area contributed by atoms with E-state index in [0.29, 0.717) is 12.4 Å². The van der Waals surface area contributed by atoms with Gasteiger partial charge in [-0.3, -0.25) is 9.78 Å². The first-order valence-electron chi connectivity index (χ1n) is 21.5. The predicted octanol–water partition coefficient (Wildman–Crippen LogP) is 13.0. The predicted molar refractivity (Wildman–Crippen MR) is 257 cm³/mol. The molecule has 4 heterocycles. The molecule has 13 rings (SSSR count). The summed E-state index contributed by atoms with van der Waals surface area (Å²) in [4.78, 5) is 5.44. The quantitative estimate of drug-likeness (QED) is 0.151. The highest BCUT2D eigenvalue weighted by atomic mass is 15.3. The molecule has 0 saturated carbocycles. The standard InChI is InChI=1S/C57H38N6/c1-4-16-41(17-5-1)61-50-25-13-10-22-44(50)47-34-38(28-31-53(47)61)37-60-57(40-30-33-55-49(36-40)46-24-12-15-27-52(46)63(55)43-20-8-3-9-21-43)58-56(59-60)39-29-32-54-48(35-39)45-23-11-14-26-51(45)62(54)42-18-6-2-7-19-42/h1-36H,37H2. The molecule has 296 valence electrons. The lowest BCUT2D eigenvalue weighted by Crippen LogP contribution is -2.40. The number of hydrogen-bond acceptors (Lipinski definition) is 1. The zero-order chi connectivity index (χ0) is 41.4. The van der Waals surface area contributed by atoms with E-state index in [0.717, 1.165) is 50.6 Å². The highest BCUT2D eigenvalue weighted by Crippen LogP contribution is 2.37. The second kappa shape index (κ2) is 14.0. The molecule has 4 aromatic heterocycles. The van der Waals surface area contributed by atoms with Gasteiger partial charge < -0.3 is 18.7 Å². The van der Waals surface area contributed by atoms with Crippen LogP contribution in [0, 0.1) is 0 Å². The van der Waals surface area contributed by atoms with Gasteiger partial charge in [0.1, 0.15) is 12.4 Å². The minimum Gasteiger partial charge on any atom is -0.397 e. The summed E-state index contributed by atoms with van der Waals surface area (Å²) < 4.78 is 9.16. The molecular weight excluding hydrogens is 769 g/mol. The molecule has 0 unspecified atom stereocenters. The van der Waals surface area contributed by atoms with E-state index in [2.05, 4.69) is 237 Å². The van der Waals surface area contributed by atoms with Gasteiger partial charge in [-0.1, -0.05) is 121 Å². The van der Waals surface area contributed by atoms with E-state index < -0.39 is 0 Å². The Kier molecular flexibility index (Phi) is 7.87. The minimum atomic E-state index is 0.544. The van der Waals surface area contributed by atoms with Crippen LogP contribution in [-0.2, 0) is 6.54 Å². The van der Waals surface area contributed by atoms with Gasteiger partial charge in [0.15, 0.2) is 0 Å². The Balaban J connectivity index is 0.998. The monoisotopic (exact) mass is 806 g/mol. The molecule has 0 aliphatic rings. The van der Waals surface area contributed by atoms with Crippen molar-refractivity contribution in [3.63, 3.8) is 0 Å². The van der Waals surface area contributed by atoms with Crippen LogP contribution in [0.25, 0.3) is 105 Å². The van der Waals surface area contributed by atoms with E-state index in [-0.39, 0.29) is 0 Å². The maximum absolute atomic E-state index is 5.44. The van der Waals surface area contributed by atoms with Gasteiger partial charge in [0, 0.05) is 54.9 Å². The van der Waals surface area contributed by atoms with Crippen LogP contribution in [-0.4, -0.2) is 18.7 Å². The molecule has 0 aliphatic carbocycles. The number of para-hydroxylation sites is 6. The highest BCUT2D eigenvalue weighted by Gasteiger charge is 2.19. The minimum absolute atomic E-state index is 0.544. The van der Waals surface area contributed by atoms with Gasteiger partial charge in [-0.25, -0.2) is 0 Å². The van der Waals surface area contributed by atoms with Gasteiger partial charge in [0.25, 0.3) is 0 Å². The average molecular weight is 807 g/mol. The molecule has 0 N–H and O–H groups in total. The Hall–Kier alpha value is -8.48. The van der Waals surface area contributed by atoms with E-state index >= 15 is 0 Å². The molecule has 0 fully saturated rings. The van der Waals surface area contributed by atoms with Crippen molar-refractivity contribution < 1.29 is 4.68 Å². The fourth-order valence-corrected chi connectivity index (χ4v) is 9.87. The van der Waals surface area contributed by atoms with Crippen LogP contribution in [0.2, 0.25) is 0 Å². The fourth-order valence-electron chi connectivity index (χ4n) is 9.87. The van der Waals surface area contributed by atoms with Crippen molar-refractivity contribution in [2.75, 3.05) is 0 Å². The Morgan fingerprint density at radius 3 is 1.22 bits per heavy atom. The largest absolute Gasteiger partial charge is 0.397 e. The SMILES string of the molecule is c1ccc(-n2c3ccccc3c3cc(C[n+]4[n-]c(-c5ccc6c(c5)c5ccccc5n6-c5ccccc5)nc4-c4ccc5c(c4)c4ccccc4n5-c4ccccc4)ccc32)cc1. The molecule has 0 atom stereocenters. The van der Waals surface area contributed by atoms with Crippen molar-refractivity contribution in [2.45, 2.75) is 6.54 Å². The summed E-state index contributed by atoms with van der Waals surface area (Å²) in [5.74, 6) is 1.51. The van der Waals surface area contributed by atoms with E-state index in [1.807, 2.05) is 0 Å². The molecule has 13 aromatic rings. The van der Waals surface area contributed by atoms with Gasteiger partial charge in [-0.05, 0) is 114 Å². The van der Waals surface area contributed by atoms with Crippen LogP contribution in [0.15, 0.2) is 218 Å². The Morgan fingerprint density at radius 2 is 0.730 bits per heavy atom. The van der Waals surface area contributed by atoms with E-state index in [4.69, 9.17) is 10.1 Å². The van der Waals surface area contributed by atoms with Crippen molar-refractivity contribution in [3.8, 4) is 39.8 Å². The third-order valence-electron chi connectivity index (χ3n) is 12.6. The number of benzene rings is 9. The summed E-state index contributed by atoms with van der Waals surface area (Å²) in [7, 11) is 0. The zero-order valence-corrected chi connectivity index (χ0v) is 34.2. The molecule has 0 radical (unpaired) electrons. The van der Waals surface area contributed by atoms with Gasteiger partial charge >= 0.3 is 0 Å². The summed E-state index contributed by atoms with van der Waals surface area (Å²) >= 11 is 0. The molecule has 9 aromatic carbocycles. The Morgan fingerprint density at radius 1 is 0.349 bits per heavy atom. The van der Waals surface area contributed by atoms with Gasteiger partial charge in [0.2, 0.25) is 0 Å². The topological polar surface area (TPSA) is 45.7 Å². The first kappa shape index (κ1) is 35.3. The summed E-state index contributed by atoms with van der Waals surface area (Å²) in [5, 5.41) is 12.6. The van der Waals surface area contributed by atoms with Crippen LogP contribution in [0.1, 0.15) is 5.56 Å². The molecular formula is C57H38N6. The molecule has 0 aliphatic heterocycles. The smallest absolute Gasteiger partial charge is 0.126 e. The lowest BCUT2D eigenvalue weighted by Gasteiger charge is -2.10. The van der Waals surface area contributed by atoms with Crippen molar-refractivity contribution in [2.24, 2.45) is 0 Å². The summed E-state index contributed by atoms with van der Waals surface area (Å²) in [5.41, 5.74) is 13.6. The Labute approximate surface area is 362 Å². The molecule has 63 heavy (non-hydrogen) atoms. The van der Waals surface area contributed by atoms with Gasteiger partial charge in [0.05, 0.1) is 33.1 Å². The molecule has 6 heteroatoms. The van der Waals surface area contributed by atoms with Crippen LogP contribution in [0.3, 0.4) is 0 Å².